The second kappa shape index (κ2) is 3.42. The predicted molar refractivity (Wildman–Crippen MR) is 67.4 cm³/mol. The number of ketones is 1. The molecule has 0 aliphatic heterocycles. The number of hydrogen-bond donors (Lipinski definition) is 0. The van der Waals surface area contributed by atoms with Crippen molar-refractivity contribution >= 4 is 22.2 Å². The zero-order valence-corrected chi connectivity index (χ0v) is 9.77. The molecule has 0 atom stereocenters. The summed E-state index contributed by atoms with van der Waals surface area (Å²) in [5, 5.41) is 5.58. The molecule has 0 saturated heterocycles. The van der Waals surface area contributed by atoms with Crippen molar-refractivity contribution in [3.63, 3.8) is 0 Å². The second-order valence-electron chi connectivity index (χ2n) is 4.21. The summed E-state index contributed by atoms with van der Waals surface area (Å²) >= 11 is 0. The number of hydrogen-bond acceptors (Lipinski definition) is 2. The summed E-state index contributed by atoms with van der Waals surface area (Å²) in [7, 11) is 0. The topological polar surface area (TPSA) is 34.4 Å². The fraction of sp³-hybridized carbons (Fsp3) is 0.143. The van der Waals surface area contributed by atoms with Crippen LogP contribution in [0, 0.1) is 6.92 Å². The van der Waals surface area contributed by atoms with Crippen LogP contribution >= 0.6 is 0 Å². The number of para-hydroxylation sites is 1. The molecule has 0 radical (unpaired) electrons. The lowest BCUT2D eigenvalue weighted by molar-refractivity contribution is 0.101. The van der Waals surface area contributed by atoms with Gasteiger partial charge in [0.2, 0.25) is 0 Å². The summed E-state index contributed by atoms with van der Waals surface area (Å²) < 4.78 is 1.85. The number of aryl methyl sites for hydroxylation is 1. The number of benzene rings is 1. The highest BCUT2D eigenvalue weighted by atomic mass is 16.1. The van der Waals surface area contributed by atoms with Gasteiger partial charge in [0, 0.05) is 5.39 Å². The predicted octanol–water partition coefficient (Wildman–Crippen LogP) is 3.00. The van der Waals surface area contributed by atoms with Crippen molar-refractivity contribution in [2.75, 3.05) is 0 Å². The van der Waals surface area contributed by atoms with E-state index in [-0.39, 0.29) is 5.78 Å². The maximum Gasteiger partial charge on any atom is 0.163 e. The minimum atomic E-state index is 0.0628. The summed E-state index contributed by atoms with van der Waals surface area (Å²) in [6.07, 6.45) is 0. The highest BCUT2D eigenvalue weighted by molar-refractivity contribution is 6.03. The van der Waals surface area contributed by atoms with Gasteiger partial charge < -0.3 is 0 Å². The fourth-order valence-electron chi connectivity index (χ4n) is 2.31. The van der Waals surface area contributed by atoms with Gasteiger partial charge in [0.25, 0.3) is 0 Å². The lowest BCUT2D eigenvalue weighted by Gasteiger charge is -2.01. The van der Waals surface area contributed by atoms with E-state index in [1.807, 2.05) is 47.8 Å². The largest absolute Gasteiger partial charge is 0.294 e. The number of fused-ring (bicyclic) bond motifs is 3. The molecule has 0 bridgehead atoms. The van der Waals surface area contributed by atoms with Gasteiger partial charge in [-0.25, -0.2) is 4.52 Å². The Balaban J connectivity index is 2.53. The molecule has 0 aliphatic rings. The van der Waals surface area contributed by atoms with Gasteiger partial charge in [-0.05, 0) is 26.0 Å². The summed E-state index contributed by atoms with van der Waals surface area (Å²) in [5.41, 5.74) is 3.42. The SMILES string of the molecule is CC(=O)c1c(C)nn2c1ccc1ccccc12. The molecule has 0 fully saturated rings. The van der Waals surface area contributed by atoms with E-state index < -0.39 is 0 Å². The van der Waals surface area contributed by atoms with Crippen molar-refractivity contribution < 1.29 is 4.79 Å². The molecular weight excluding hydrogens is 212 g/mol. The minimum Gasteiger partial charge on any atom is -0.294 e. The van der Waals surface area contributed by atoms with Crippen LogP contribution in [0.25, 0.3) is 16.4 Å². The van der Waals surface area contributed by atoms with Crippen molar-refractivity contribution in [1.29, 1.82) is 0 Å². The molecule has 0 saturated carbocycles. The van der Waals surface area contributed by atoms with Crippen molar-refractivity contribution in [3.05, 3.63) is 47.7 Å². The van der Waals surface area contributed by atoms with Crippen LogP contribution in [0.1, 0.15) is 23.0 Å². The molecule has 0 amide bonds. The van der Waals surface area contributed by atoms with E-state index in [4.69, 9.17) is 0 Å². The van der Waals surface area contributed by atoms with Crippen molar-refractivity contribution in [2.45, 2.75) is 13.8 Å². The van der Waals surface area contributed by atoms with Crippen LogP contribution in [0.2, 0.25) is 0 Å². The molecule has 0 aliphatic carbocycles. The Labute approximate surface area is 98.7 Å². The zero-order chi connectivity index (χ0) is 12.0. The average molecular weight is 224 g/mol. The van der Waals surface area contributed by atoms with Crippen LogP contribution in [-0.2, 0) is 0 Å². The maximum absolute atomic E-state index is 11.6. The van der Waals surface area contributed by atoms with E-state index in [1.54, 1.807) is 6.92 Å². The number of rotatable bonds is 1. The smallest absolute Gasteiger partial charge is 0.163 e. The molecule has 3 rings (SSSR count). The lowest BCUT2D eigenvalue weighted by atomic mass is 10.1. The van der Waals surface area contributed by atoms with Gasteiger partial charge in [-0.2, -0.15) is 5.10 Å². The molecule has 3 aromatic rings. The van der Waals surface area contributed by atoms with E-state index in [2.05, 4.69) is 5.10 Å². The first-order valence-electron chi connectivity index (χ1n) is 5.56. The number of carbonyl (C=O) groups excluding carboxylic acids is 1. The third-order valence-electron chi connectivity index (χ3n) is 3.03. The molecule has 0 spiro atoms. The van der Waals surface area contributed by atoms with Crippen LogP contribution in [0.4, 0.5) is 0 Å². The van der Waals surface area contributed by atoms with Gasteiger partial charge >= 0.3 is 0 Å². The van der Waals surface area contributed by atoms with Gasteiger partial charge in [0.15, 0.2) is 5.78 Å². The second-order valence-corrected chi connectivity index (χ2v) is 4.21. The summed E-state index contributed by atoms with van der Waals surface area (Å²) in [5.74, 6) is 0.0628. The average Bonchev–Trinajstić information content (AvgIpc) is 2.65. The summed E-state index contributed by atoms with van der Waals surface area (Å²) in [4.78, 5) is 11.6. The zero-order valence-electron chi connectivity index (χ0n) is 9.77. The monoisotopic (exact) mass is 224 g/mol. The number of nitrogens with zero attached hydrogens (tertiary/aromatic N) is 2. The Morgan fingerprint density at radius 2 is 1.88 bits per heavy atom. The molecule has 3 nitrogen and oxygen atoms in total. The Hall–Kier alpha value is -2.16. The number of pyridine rings is 1. The highest BCUT2D eigenvalue weighted by Crippen LogP contribution is 2.21. The lowest BCUT2D eigenvalue weighted by Crippen LogP contribution is -1.93. The third-order valence-corrected chi connectivity index (χ3v) is 3.03. The van der Waals surface area contributed by atoms with Crippen LogP contribution in [0.5, 0.6) is 0 Å². The minimum absolute atomic E-state index is 0.0628. The molecule has 3 heteroatoms. The standard InChI is InChI=1S/C14H12N2O/c1-9-14(10(2)17)13-8-7-11-5-3-4-6-12(11)16(13)15-9/h3-8H,1-2H3. The summed E-state index contributed by atoms with van der Waals surface area (Å²) in [6, 6.07) is 12.0. The van der Waals surface area contributed by atoms with Crippen molar-refractivity contribution in [1.82, 2.24) is 9.61 Å². The van der Waals surface area contributed by atoms with Gasteiger partial charge in [-0.3, -0.25) is 4.79 Å². The first kappa shape index (κ1) is 10.0. The number of carbonyl (C=O) groups is 1. The van der Waals surface area contributed by atoms with Crippen molar-refractivity contribution in [2.24, 2.45) is 0 Å². The van der Waals surface area contributed by atoms with Gasteiger partial charge in [0.05, 0.1) is 22.3 Å². The van der Waals surface area contributed by atoms with E-state index in [9.17, 15) is 4.79 Å². The maximum atomic E-state index is 11.6. The molecule has 84 valence electrons. The quantitative estimate of drug-likeness (QED) is 0.595. The van der Waals surface area contributed by atoms with Gasteiger partial charge in [-0.15, -0.1) is 0 Å². The molecule has 2 heterocycles. The van der Waals surface area contributed by atoms with Crippen LogP contribution in [0.3, 0.4) is 0 Å². The van der Waals surface area contributed by atoms with E-state index in [0.717, 1.165) is 27.7 Å². The molecule has 1 aromatic carbocycles. The van der Waals surface area contributed by atoms with E-state index >= 15 is 0 Å². The van der Waals surface area contributed by atoms with Gasteiger partial charge in [0.1, 0.15) is 0 Å². The molecular formula is C14H12N2O. The van der Waals surface area contributed by atoms with Crippen LogP contribution < -0.4 is 0 Å². The van der Waals surface area contributed by atoms with Crippen molar-refractivity contribution in [3.8, 4) is 0 Å². The number of Topliss-reactive ketones (excluding diaryl/α,β-unsaturated/α-hetero) is 1. The Kier molecular flexibility index (Phi) is 2.01. The van der Waals surface area contributed by atoms with Gasteiger partial charge in [-0.1, -0.05) is 24.3 Å². The van der Waals surface area contributed by atoms with Crippen LogP contribution in [0.15, 0.2) is 36.4 Å². The van der Waals surface area contributed by atoms with Crippen LogP contribution in [-0.4, -0.2) is 15.4 Å². The molecule has 2 aromatic heterocycles. The Morgan fingerprint density at radius 1 is 1.12 bits per heavy atom. The normalized spacial score (nSPS) is 11.2. The first-order chi connectivity index (χ1) is 8.18. The first-order valence-corrected chi connectivity index (χ1v) is 5.56. The molecule has 0 unspecified atom stereocenters. The summed E-state index contributed by atoms with van der Waals surface area (Å²) in [6.45, 7) is 3.46. The Morgan fingerprint density at radius 3 is 2.65 bits per heavy atom. The van der Waals surface area contributed by atoms with E-state index in [0.29, 0.717) is 0 Å². The molecule has 0 N–H and O–H groups in total. The van der Waals surface area contributed by atoms with E-state index in [1.165, 1.54) is 0 Å². The number of aromatic nitrogens is 2. The highest BCUT2D eigenvalue weighted by Gasteiger charge is 2.14. The molecule has 17 heavy (non-hydrogen) atoms. The third kappa shape index (κ3) is 1.35. The Bertz CT molecular complexity index is 740. The fourth-order valence-corrected chi connectivity index (χ4v) is 2.31.